The average molecular weight is 291 g/mol. The molecule has 0 radical (unpaired) electrons. The Labute approximate surface area is 126 Å². The fourth-order valence-electron chi connectivity index (χ4n) is 2.49. The minimum Gasteiger partial charge on any atom is -0.491 e. The Hall–Kier alpha value is -1.75. The fraction of sp³-hybridized carbons (Fsp3) is 0.562. The number of hydrogen-bond donors (Lipinski definition) is 2. The number of carbonyl (C=O) groups is 1. The number of piperidine rings is 1. The minimum absolute atomic E-state index is 0.0292. The van der Waals surface area contributed by atoms with Crippen molar-refractivity contribution in [2.24, 2.45) is 0 Å². The number of amides is 1. The van der Waals surface area contributed by atoms with Crippen molar-refractivity contribution in [1.82, 2.24) is 10.2 Å². The van der Waals surface area contributed by atoms with Crippen LogP contribution in [0, 0.1) is 0 Å². The number of para-hydroxylation sites is 2. The molecule has 0 unspecified atom stereocenters. The third-order valence-electron chi connectivity index (χ3n) is 3.70. The lowest BCUT2D eigenvalue weighted by molar-refractivity contribution is -0.121. The first kappa shape index (κ1) is 15.6. The van der Waals surface area contributed by atoms with Crippen molar-refractivity contribution in [2.45, 2.75) is 25.7 Å². The van der Waals surface area contributed by atoms with Gasteiger partial charge in [-0.15, -0.1) is 0 Å². The van der Waals surface area contributed by atoms with Crippen molar-refractivity contribution in [2.75, 3.05) is 38.5 Å². The van der Waals surface area contributed by atoms with Crippen LogP contribution in [-0.4, -0.2) is 43.6 Å². The van der Waals surface area contributed by atoms with Gasteiger partial charge in [0.2, 0.25) is 5.91 Å². The van der Waals surface area contributed by atoms with Crippen molar-refractivity contribution in [3.05, 3.63) is 24.3 Å². The van der Waals surface area contributed by atoms with Crippen molar-refractivity contribution < 1.29 is 9.53 Å². The van der Waals surface area contributed by atoms with E-state index >= 15 is 0 Å². The molecular formula is C16H25N3O2. The van der Waals surface area contributed by atoms with E-state index in [4.69, 9.17) is 10.5 Å². The molecule has 0 atom stereocenters. The molecule has 5 nitrogen and oxygen atoms in total. The standard InChI is InChI=1S/C16H25N3O2/c17-14-6-2-3-7-15(14)21-13-8-16(20)18-9-12-19-10-4-1-5-11-19/h2-3,6-7H,1,4-5,8-13,17H2,(H,18,20). The van der Waals surface area contributed by atoms with Gasteiger partial charge >= 0.3 is 0 Å². The molecule has 2 rings (SSSR count). The Balaban J connectivity index is 1.56. The Bertz CT molecular complexity index is 445. The number of benzene rings is 1. The van der Waals surface area contributed by atoms with Crippen LogP contribution in [0.3, 0.4) is 0 Å². The molecule has 1 aromatic rings. The summed E-state index contributed by atoms with van der Waals surface area (Å²) in [5.74, 6) is 0.667. The maximum atomic E-state index is 11.7. The molecule has 1 aliphatic rings. The van der Waals surface area contributed by atoms with E-state index in [0.29, 0.717) is 31.0 Å². The van der Waals surface area contributed by atoms with Crippen molar-refractivity contribution in [3.63, 3.8) is 0 Å². The van der Waals surface area contributed by atoms with E-state index in [9.17, 15) is 4.79 Å². The summed E-state index contributed by atoms with van der Waals surface area (Å²) in [5, 5.41) is 2.94. The Morgan fingerprint density at radius 3 is 2.76 bits per heavy atom. The van der Waals surface area contributed by atoms with E-state index in [-0.39, 0.29) is 5.91 Å². The minimum atomic E-state index is 0.0292. The second kappa shape index (κ2) is 8.52. The molecule has 0 saturated carbocycles. The zero-order valence-electron chi connectivity index (χ0n) is 12.5. The Morgan fingerprint density at radius 2 is 2.00 bits per heavy atom. The van der Waals surface area contributed by atoms with Crippen LogP contribution in [0.1, 0.15) is 25.7 Å². The van der Waals surface area contributed by atoms with Gasteiger partial charge in [-0.2, -0.15) is 0 Å². The highest BCUT2D eigenvalue weighted by Crippen LogP contribution is 2.19. The third kappa shape index (κ3) is 5.63. The topological polar surface area (TPSA) is 67.6 Å². The third-order valence-corrected chi connectivity index (χ3v) is 3.70. The molecular weight excluding hydrogens is 266 g/mol. The van der Waals surface area contributed by atoms with Crippen LogP contribution < -0.4 is 15.8 Å². The number of anilines is 1. The zero-order valence-corrected chi connectivity index (χ0v) is 12.5. The van der Waals surface area contributed by atoms with Crippen LogP contribution in [0.4, 0.5) is 5.69 Å². The van der Waals surface area contributed by atoms with E-state index in [1.54, 1.807) is 6.07 Å². The summed E-state index contributed by atoms with van der Waals surface area (Å²) >= 11 is 0. The first-order valence-electron chi connectivity index (χ1n) is 7.72. The summed E-state index contributed by atoms with van der Waals surface area (Å²) in [6.07, 6.45) is 4.25. The second-order valence-electron chi connectivity index (χ2n) is 5.39. The van der Waals surface area contributed by atoms with Crippen LogP contribution in [0.2, 0.25) is 0 Å². The fourth-order valence-corrected chi connectivity index (χ4v) is 2.49. The number of nitrogens with zero attached hydrogens (tertiary/aromatic N) is 1. The van der Waals surface area contributed by atoms with Gasteiger partial charge in [0.1, 0.15) is 5.75 Å². The second-order valence-corrected chi connectivity index (χ2v) is 5.39. The summed E-state index contributed by atoms with van der Waals surface area (Å²) in [5.41, 5.74) is 6.37. The predicted octanol–water partition coefficient (Wildman–Crippen LogP) is 1.64. The first-order valence-corrected chi connectivity index (χ1v) is 7.72. The largest absolute Gasteiger partial charge is 0.491 e. The Kier molecular flexibility index (Phi) is 6.34. The maximum absolute atomic E-state index is 11.7. The highest BCUT2D eigenvalue weighted by molar-refractivity contribution is 5.76. The van der Waals surface area contributed by atoms with Gasteiger partial charge in [-0.05, 0) is 38.1 Å². The summed E-state index contributed by atoms with van der Waals surface area (Å²) in [4.78, 5) is 14.1. The molecule has 1 aromatic carbocycles. The number of ether oxygens (including phenoxy) is 1. The molecule has 21 heavy (non-hydrogen) atoms. The number of carbonyl (C=O) groups excluding carboxylic acids is 1. The smallest absolute Gasteiger partial charge is 0.223 e. The van der Waals surface area contributed by atoms with Crippen LogP contribution in [0.25, 0.3) is 0 Å². The summed E-state index contributed by atoms with van der Waals surface area (Å²) in [7, 11) is 0. The molecule has 1 saturated heterocycles. The van der Waals surface area contributed by atoms with Gasteiger partial charge in [-0.1, -0.05) is 18.6 Å². The van der Waals surface area contributed by atoms with Gasteiger partial charge in [-0.25, -0.2) is 0 Å². The number of nitrogen functional groups attached to an aromatic ring is 1. The number of nitrogens with one attached hydrogen (secondary N) is 1. The van der Waals surface area contributed by atoms with Crippen LogP contribution in [-0.2, 0) is 4.79 Å². The van der Waals surface area contributed by atoms with E-state index < -0.39 is 0 Å². The molecule has 0 aromatic heterocycles. The molecule has 0 bridgehead atoms. The lowest BCUT2D eigenvalue weighted by Gasteiger charge is -2.26. The number of hydrogen-bond acceptors (Lipinski definition) is 4. The van der Waals surface area contributed by atoms with Gasteiger partial charge in [0, 0.05) is 13.1 Å². The molecule has 1 amide bonds. The molecule has 0 aliphatic carbocycles. The first-order chi connectivity index (χ1) is 10.3. The van der Waals surface area contributed by atoms with Crippen LogP contribution in [0.5, 0.6) is 5.75 Å². The van der Waals surface area contributed by atoms with Crippen molar-refractivity contribution in [3.8, 4) is 5.75 Å². The lowest BCUT2D eigenvalue weighted by Crippen LogP contribution is -2.37. The SMILES string of the molecule is Nc1ccccc1OCCC(=O)NCCN1CCCCC1. The molecule has 1 fully saturated rings. The van der Waals surface area contributed by atoms with Gasteiger partial charge in [0.15, 0.2) is 0 Å². The van der Waals surface area contributed by atoms with Gasteiger partial charge in [-0.3, -0.25) is 4.79 Å². The molecule has 0 spiro atoms. The van der Waals surface area contributed by atoms with Crippen molar-refractivity contribution >= 4 is 11.6 Å². The number of likely N-dealkylation sites (tertiary alicyclic amines) is 1. The summed E-state index contributed by atoms with van der Waals surface area (Å²) in [6.45, 7) is 4.33. The Morgan fingerprint density at radius 1 is 1.24 bits per heavy atom. The van der Waals surface area contributed by atoms with E-state index in [0.717, 1.165) is 19.6 Å². The number of rotatable bonds is 7. The van der Waals surface area contributed by atoms with Crippen molar-refractivity contribution in [1.29, 1.82) is 0 Å². The summed E-state index contributed by atoms with van der Waals surface area (Å²) < 4.78 is 5.51. The molecule has 3 N–H and O–H groups in total. The predicted molar refractivity (Wildman–Crippen MR) is 84.3 cm³/mol. The number of nitrogens with two attached hydrogens (primary N) is 1. The monoisotopic (exact) mass is 291 g/mol. The van der Waals surface area contributed by atoms with Gasteiger partial charge < -0.3 is 20.7 Å². The van der Waals surface area contributed by atoms with Crippen LogP contribution >= 0.6 is 0 Å². The molecule has 1 aliphatic heterocycles. The highest BCUT2D eigenvalue weighted by atomic mass is 16.5. The van der Waals surface area contributed by atoms with E-state index in [2.05, 4.69) is 10.2 Å². The molecule has 116 valence electrons. The molecule has 5 heteroatoms. The van der Waals surface area contributed by atoms with Gasteiger partial charge in [0.05, 0.1) is 18.7 Å². The summed E-state index contributed by atoms with van der Waals surface area (Å²) in [6, 6.07) is 7.32. The highest BCUT2D eigenvalue weighted by Gasteiger charge is 2.10. The molecule has 1 heterocycles. The van der Waals surface area contributed by atoms with E-state index in [1.165, 1.54) is 19.3 Å². The van der Waals surface area contributed by atoms with Crippen LogP contribution in [0.15, 0.2) is 24.3 Å². The normalized spacial score (nSPS) is 15.6. The quantitative estimate of drug-likeness (QED) is 0.749. The maximum Gasteiger partial charge on any atom is 0.223 e. The average Bonchev–Trinajstić information content (AvgIpc) is 2.50. The lowest BCUT2D eigenvalue weighted by atomic mass is 10.1. The van der Waals surface area contributed by atoms with E-state index in [1.807, 2.05) is 18.2 Å². The van der Waals surface area contributed by atoms with Gasteiger partial charge in [0.25, 0.3) is 0 Å². The zero-order chi connectivity index (χ0) is 14.9.